The second-order valence-corrected chi connectivity index (χ2v) is 3.80. The molecule has 0 bridgehead atoms. The van der Waals surface area contributed by atoms with Gasteiger partial charge < -0.3 is 10.8 Å². The molecule has 1 rings (SSSR count). The molecule has 0 aromatic carbocycles. The molecule has 1 fully saturated rings. The lowest BCUT2D eigenvalue weighted by atomic mass is 9.77. The van der Waals surface area contributed by atoms with Gasteiger partial charge >= 0.3 is 0 Å². The Balaban J connectivity index is 2.44. The summed E-state index contributed by atoms with van der Waals surface area (Å²) in [7, 11) is 0. The lowest BCUT2D eigenvalue weighted by Gasteiger charge is -2.35. The average Bonchev–Trinajstić information content (AvgIpc) is 2.05. The van der Waals surface area contributed by atoms with Gasteiger partial charge in [0.25, 0.3) is 0 Å². The molecule has 1 aliphatic carbocycles. The molecule has 0 saturated heterocycles. The van der Waals surface area contributed by atoms with Crippen LogP contribution in [0.3, 0.4) is 0 Å². The molecule has 0 spiro atoms. The summed E-state index contributed by atoms with van der Waals surface area (Å²) in [6.45, 7) is 2.62. The maximum Gasteiger partial charge on any atom is 0.0772 e. The van der Waals surface area contributed by atoms with E-state index in [1.54, 1.807) is 0 Å². The largest absolute Gasteiger partial charge is 0.389 e. The minimum atomic E-state index is -0.529. The molecule has 1 aliphatic rings. The van der Waals surface area contributed by atoms with Crippen molar-refractivity contribution < 1.29 is 5.11 Å². The van der Waals surface area contributed by atoms with E-state index in [4.69, 9.17) is 5.73 Å². The van der Waals surface area contributed by atoms with Crippen LogP contribution < -0.4 is 5.73 Å². The highest BCUT2D eigenvalue weighted by Gasteiger charge is 2.31. The van der Waals surface area contributed by atoms with Crippen molar-refractivity contribution in [2.45, 2.75) is 44.6 Å². The summed E-state index contributed by atoms with van der Waals surface area (Å²) >= 11 is 0. The fourth-order valence-corrected chi connectivity index (χ4v) is 2.00. The molecular formula is C9H19NO. The Morgan fingerprint density at radius 2 is 2.36 bits per heavy atom. The van der Waals surface area contributed by atoms with Crippen molar-refractivity contribution in [3.63, 3.8) is 0 Å². The molecule has 0 unspecified atom stereocenters. The average molecular weight is 157 g/mol. The fourth-order valence-electron chi connectivity index (χ4n) is 2.00. The Hall–Kier alpha value is -0.0800. The fraction of sp³-hybridized carbons (Fsp3) is 1.00. The molecule has 11 heavy (non-hydrogen) atoms. The zero-order valence-corrected chi connectivity index (χ0v) is 7.34. The van der Waals surface area contributed by atoms with Gasteiger partial charge in [0.15, 0.2) is 0 Å². The van der Waals surface area contributed by atoms with E-state index in [1.807, 2.05) is 0 Å². The highest BCUT2D eigenvalue weighted by molar-refractivity contribution is 4.86. The van der Waals surface area contributed by atoms with Crippen molar-refractivity contribution in [3.05, 3.63) is 0 Å². The Labute approximate surface area is 68.8 Å². The summed E-state index contributed by atoms with van der Waals surface area (Å²) < 4.78 is 0. The van der Waals surface area contributed by atoms with E-state index in [0.29, 0.717) is 12.5 Å². The number of hydrogen-bond acceptors (Lipinski definition) is 2. The van der Waals surface area contributed by atoms with E-state index in [2.05, 4.69) is 6.92 Å². The topological polar surface area (TPSA) is 46.2 Å². The second kappa shape index (κ2) is 3.55. The van der Waals surface area contributed by atoms with Crippen molar-refractivity contribution in [2.24, 2.45) is 11.7 Å². The highest BCUT2D eigenvalue weighted by Crippen LogP contribution is 2.33. The van der Waals surface area contributed by atoms with Crippen LogP contribution in [-0.4, -0.2) is 17.3 Å². The van der Waals surface area contributed by atoms with Gasteiger partial charge in [-0.1, -0.05) is 26.2 Å². The molecule has 3 N–H and O–H groups in total. The molecule has 2 atom stereocenters. The molecule has 0 radical (unpaired) electrons. The summed E-state index contributed by atoms with van der Waals surface area (Å²) in [6, 6.07) is 0. The van der Waals surface area contributed by atoms with Crippen LogP contribution in [0.15, 0.2) is 0 Å². The SMILES string of the molecule is CC[C@H]1CCC[C@@](O)(CN)C1. The van der Waals surface area contributed by atoms with Crippen LogP contribution in [0.5, 0.6) is 0 Å². The predicted molar refractivity (Wildman–Crippen MR) is 46.3 cm³/mol. The van der Waals surface area contributed by atoms with E-state index < -0.39 is 5.60 Å². The van der Waals surface area contributed by atoms with E-state index >= 15 is 0 Å². The van der Waals surface area contributed by atoms with Gasteiger partial charge in [-0.2, -0.15) is 0 Å². The quantitative estimate of drug-likeness (QED) is 0.634. The van der Waals surface area contributed by atoms with Crippen LogP contribution in [-0.2, 0) is 0 Å². The summed E-state index contributed by atoms with van der Waals surface area (Å²) in [5.41, 5.74) is 4.98. The third kappa shape index (κ3) is 2.17. The van der Waals surface area contributed by atoms with Crippen LogP contribution in [0, 0.1) is 5.92 Å². The molecule has 0 aliphatic heterocycles. The monoisotopic (exact) mass is 157 g/mol. The maximum absolute atomic E-state index is 9.86. The number of rotatable bonds is 2. The number of aliphatic hydroxyl groups is 1. The predicted octanol–water partition coefficient (Wildman–Crippen LogP) is 1.28. The summed E-state index contributed by atoms with van der Waals surface area (Å²) in [5.74, 6) is 0.706. The van der Waals surface area contributed by atoms with Gasteiger partial charge in [-0.25, -0.2) is 0 Å². The summed E-state index contributed by atoms with van der Waals surface area (Å²) in [6.07, 6.45) is 5.42. The zero-order valence-electron chi connectivity index (χ0n) is 7.34. The maximum atomic E-state index is 9.86. The lowest BCUT2D eigenvalue weighted by molar-refractivity contribution is -0.00839. The van der Waals surface area contributed by atoms with Gasteiger partial charge in [0.2, 0.25) is 0 Å². The minimum Gasteiger partial charge on any atom is -0.389 e. The smallest absolute Gasteiger partial charge is 0.0772 e. The minimum absolute atomic E-state index is 0.434. The molecule has 0 aromatic heterocycles. The van der Waals surface area contributed by atoms with Gasteiger partial charge in [0.1, 0.15) is 0 Å². The van der Waals surface area contributed by atoms with Crippen LogP contribution in [0.25, 0.3) is 0 Å². The Morgan fingerprint density at radius 1 is 1.64 bits per heavy atom. The molecule has 0 aromatic rings. The second-order valence-electron chi connectivity index (χ2n) is 3.80. The lowest BCUT2D eigenvalue weighted by Crippen LogP contribution is -2.42. The van der Waals surface area contributed by atoms with Gasteiger partial charge in [-0.3, -0.25) is 0 Å². The zero-order chi connectivity index (χ0) is 8.32. The van der Waals surface area contributed by atoms with E-state index in [0.717, 1.165) is 19.3 Å². The van der Waals surface area contributed by atoms with Crippen molar-refractivity contribution in [1.82, 2.24) is 0 Å². The molecule has 2 heteroatoms. The van der Waals surface area contributed by atoms with E-state index in [1.165, 1.54) is 12.8 Å². The van der Waals surface area contributed by atoms with Crippen molar-refractivity contribution in [2.75, 3.05) is 6.54 Å². The Kier molecular flexibility index (Phi) is 2.90. The van der Waals surface area contributed by atoms with Crippen LogP contribution in [0.1, 0.15) is 39.0 Å². The first-order valence-corrected chi connectivity index (χ1v) is 4.62. The number of hydrogen-bond donors (Lipinski definition) is 2. The molecule has 2 nitrogen and oxygen atoms in total. The Bertz CT molecular complexity index is 127. The van der Waals surface area contributed by atoms with E-state index in [-0.39, 0.29) is 0 Å². The van der Waals surface area contributed by atoms with Crippen LogP contribution in [0.2, 0.25) is 0 Å². The normalized spacial score (nSPS) is 39.0. The van der Waals surface area contributed by atoms with Gasteiger partial charge in [-0.15, -0.1) is 0 Å². The van der Waals surface area contributed by atoms with Gasteiger partial charge in [0, 0.05) is 6.54 Å². The van der Waals surface area contributed by atoms with Crippen molar-refractivity contribution in [1.29, 1.82) is 0 Å². The van der Waals surface area contributed by atoms with Gasteiger partial charge in [-0.05, 0) is 18.8 Å². The standard InChI is InChI=1S/C9H19NO/c1-2-8-4-3-5-9(11,6-8)7-10/h8,11H,2-7,10H2,1H3/t8-,9-/m0/s1. The van der Waals surface area contributed by atoms with E-state index in [9.17, 15) is 5.11 Å². The van der Waals surface area contributed by atoms with Crippen LogP contribution in [0.4, 0.5) is 0 Å². The van der Waals surface area contributed by atoms with Gasteiger partial charge in [0.05, 0.1) is 5.60 Å². The first kappa shape index (κ1) is 9.01. The molecule has 66 valence electrons. The van der Waals surface area contributed by atoms with Crippen LogP contribution >= 0.6 is 0 Å². The first-order chi connectivity index (χ1) is 5.20. The van der Waals surface area contributed by atoms with Crippen molar-refractivity contribution in [3.8, 4) is 0 Å². The molecule has 1 saturated carbocycles. The third-order valence-electron chi connectivity index (χ3n) is 2.88. The molecule has 0 amide bonds. The highest BCUT2D eigenvalue weighted by atomic mass is 16.3. The number of nitrogens with two attached hydrogens (primary N) is 1. The summed E-state index contributed by atoms with van der Waals surface area (Å²) in [4.78, 5) is 0. The van der Waals surface area contributed by atoms with Crippen molar-refractivity contribution >= 4 is 0 Å². The Morgan fingerprint density at radius 3 is 2.91 bits per heavy atom. The molecule has 0 heterocycles. The molecular weight excluding hydrogens is 138 g/mol. The first-order valence-electron chi connectivity index (χ1n) is 4.62. The third-order valence-corrected chi connectivity index (χ3v) is 2.88. The summed E-state index contributed by atoms with van der Waals surface area (Å²) in [5, 5.41) is 9.86.